The maximum absolute atomic E-state index is 6.75. The number of para-hydroxylation sites is 2. The minimum absolute atomic E-state index is 0.620. The zero-order valence-electron chi connectivity index (χ0n) is 32.5. The van der Waals surface area contributed by atoms with Gasteiger partial charge in [-0.3, -0.25) is 4.90 Å². The number of aromatic nitrogens is 2. The van der Waals surface area contributed by atoms with Gasteiger partial charge in [-0.15, -0.1) is 10.2 Å². The Bertz CT molecular complexity index is 3630. The Hall–Kier alpha value is -8.42. The van der Waals surface area contributed by atoms with Crippen LogP contribution in [0.5, 0.6) is 0 Å². The highest BCUT2D eigenvalue weighted by Crippen LogP contribution is 2.43. The molecule has 0 N–H and O–H groups in total. The van der Waals surface area contributed by atoms with Gasteiger partial charge in [-0.2, -0.15) is 0 Å². The predicted molar refractivity (Wildman–Crippen MR) is 248 cm³/mol. The molecule has 0 bridgehead atoms. The summed E-state index contributed by atoms with van der Waals surface area (Å²) in [6.45, 7) is 0. The van der Waals surface area contributed by atoms with E-state index in [-0.39, 0.29) is 0 Å². The van der Waals surface area contributed by atoms with Crippen LogP contribution in [0, 0.1) is 0 Å². The van der Waals surface area contributed by atoms with Crippen LogP contribution in [0.25, 0.3) is 87.5 Å². The van der Waals surface area contributed by atoms with Gasteiger partial charge in [-0.25, -0.2) is 0 Å². The van der Waals surface area contributed by atoms with E-state index in [2.05, 4.69) is 161 Å². The van der Waals surface area contributed by atoms with Crippen molar-refractivity contribution in [3.8, 4) is 0 Å². The molecule has 13 aromatic rings. The first-order chi connectivity index (χ1) is 30.2. The van der Waals surface area contributed by atoms with Gasteiger partial charge in [0.25, 0.3) is 0 Å². The predicted octanol–water partition coefficient (Wildman–Crippen LogP) is 15.4. The second kappa shape index (κ2) is 13.0. The maximum Gasteiger partial charge on any atom is 0.164 e. The van der Waals surface area contributed by atoms with Crippen molar-refractivity contribution in [3.63, 3.8) is 0 Å². The Labute approximate surface area is 347 Å². The first-order valence-corrected chi connectivity index (χ1v) is 20.3. The summed E-state index contributed by atoms with van der Waals surface area (Å²) in [5.41, 5.74) is 10.1. The van der Waals surface area contributed by atoms with Gasteiger partial charge in [0.2, 0.25) is 0 Å². The second-order valence-electron chi connectivity index (χ2n) is 15.5. The normalized spacial score (nSPS) is 11.9. The zero-order chi connectivity index (χ0) is 40.0. The van der Waals surface area contributed by atoms with Crippen molar-refractivity contribution in [3.05, 3.63) is 194 Å². The second-order valence-corrected chi connectivity index (χ2v) is 15.5. The zero-order valence-corrected chi connectivity index (χ0v) is 32.5. The summed E-state index contributed by atoms with van der Waals surface area (Å²) in [5.74, 6) is 0.620. The Balaban J connectivity index is 0.961. The molecule has 61 heavy (non-hydrogen) atoms. The SMILES string of the molecule is c1ccc2cc(N(c3ccc4c(c3)oc3ccccc34)c3ccc4c(c3)oc3cc(N(c5ccc6ccccc6c5)c5ccc6c(c5)oc5ccccc56)nnc34)ccc2c1. The van der Waals surface area contributed by atoms with Crippen molar-refractivity contribution < 1.29 is 13.3 Å². The largest absolute Gasteiger partial charge is 0.456 e. The van der Waals surface area contributed by atoms with Crippen molar-refractivity contribution in [2.24, 2.45) is 0 Å². The van der Waals surface area contributed by atoms with Crippen LogP contribution < -0.4 is 9.80 Å². The molecule has 0 amide bonds. The molecule has 286 valence electrons. The highest BCUT2D eigenvalue weighted by molar-refractivity contribution is 6.09. The molecule has 7 heteroatoms. The number of furan rings is 3. The number of benzene rings is 9. The summed E-state index contributed by atoms with van der Waals surface area (Å²) in [4.78, 5) is 4.36. The van der Waals surface area contributed by atoms with E-state index in [0.29, 0.717) is 22.5 Å². The van der Waals surface area contributed by atoms with Crippen LogP contribution in [0.15, 0.2) is 207 Å². The van der Waals surface area contributed by atoms with Crippen LogP contribution in [0.3, 0.4) is 0 Å². The van der Waals surface area contributed by atoms with Gasteiger partial charge in [0, 0.05) is 73.9 Å². The molecule has 0 saturated heterocycles. The van der Waals surface area contributed by atoms with E-state index in [1.54, 1.807) is 0 Å². The first kappa shape index (κ1) is 33.5. The van der Waals surface area contributed by atoms with Crippen molar-refractivity contribution in [1.82, 2.24) is 10.2 Å². The number of fused-ring (bicyclic) bond motifs is 11. The first-order valence-electron chi connectivity index (χ1n) is 20.3. The summed E-state index contributed by atoms with van der Waals surface area (Å²) in [5, 5.41) is 19.5. The summed E-state index contributed by atoms with van der Waals surface area (Å²) < 4.78 is 19.5. The smallest absolute Gasteiger partial charge is 0.164 e. The Kier molecular flexibility index (Phi) is 7.17. The monoisotopic (exact) mass is 784 g/mol. The van der Waals surface area contributed by atoms with Gasteiger partial charge < -0.3 is 18.2 Å². The summed E-state index contributed by atoms with van der Waals surface area (Å²) >= 11 is 0. The Morgan fingerprint density at radius 3 is 1.28 bits per heavy atom. The minimum atomic E-state index is 0.620. The lowest BCUT2D eigenvalue weighted by Crippen LogP contribution is -2.12. The Morgan fingerprint density at radius 1 is 0.279 bits per heavy atom. The molecular formula is C54H32N4O3. The number of nitrogens with zero attached hydrogens (tertiary/aromatic N) is 4. The molecule has 0 aliphatic carbocycles. The third-order valence-corrected chi connectivity index (χ3v) is 11.9. The molecule has 0 saturated carbocycles. The number of anilines is 6. The van der Waals surface area contributed by atoms with Gasteiger partial charge in [0.15, 0.2) is 11.4 Å². The lowest BCUT2D eigenvalue weighted by molar-refractivity contribution is 0.667. The standard InChI is InChI=1S/C54H32N4O3/c1-3-11-35-27-37(19-17-33(35)9-1)57(39-21-24-44-42-13-5-7-15-47(42)59-49(44)29-39)40-23-26-46-51(30-40)61-52-32-53(55-56-54(46)52)58(38-20-18-34-10-2-4-12-36(34)28-38)41-22-25-45-43-14-6-8-16-48(43)60-50(45)31-41/h1-32H. The summed E-state index contributed by atoms with van der Waals surface area (Å²) in [7, 11) is 0. The van der Waals surface area contributed by atoms with Crippen LogP contribution in [0.2, 0.25) is 0 Å². The number of rotatable bonds is 6. The molecule has 9 aromatic carbocycles. The van der Waals surface area contributed by atoms with Crippen molar-refractivity contribution in [2.45, 2.75) is 0 Å². The van der Waals surface area contributed by atoms with Gasteiger partial charge in [0.05, 0.1) is 5.69 Å². The molecule has 13 rings (SSSR count). The van der Waals surface area contributed by atoms with E-state index < -0.39 is 0 Å². The lowest BCUT2D eigenvalue weighted by atomic mass is 10.1. The lowest BCUT2D eigenvalue weighted by Gasteiger charge is -2.25. The van der Waals surface area contributed by atoms with Gasteiger partial charge in [-0.1, -0.05) is 97.1 Å². The van der Waals surface area contributed by atoms with Crippen molar-refractivity contribution in [1.29, 1.82) is 0 Å². The van der Waals surface area contributed by atoms with Gasteiger partial charge in [-0.05, 0) is 94.3 Å². The van der Waals surface area contributed by atoms with Crippen LogP contribution in [0.1, 0.15) is 0 Å². The molecular weight excluding hydrogens is 753 g/mol. The van der Waals surface area contributed by atoms with Crippen LogP contribution >= 0.6 is 0 Å². The highest BCUT2D eigenvalue weighted by atomic mass is 16.3. The van der Waals surface area contributed by atoms with Gasteiger partial charge >= 0.3 is 0 Å². The molecule has 0 spiro atoms. The summed E-state index contributed by atoms with van der Waals surface area (Å²) in [6.07, 6.45) is 0. The fourth-order valence-electron chi connectivity index (χ4n) is 8.99. The molecule has 0 aliphatic heterocycles. The van der Waals surface area contributed by atoms with E-state index in [0.717, 1.165) is 93.9 Å². The molecule has 7 nitrogen and oxygen atoms in total. The van der Waals surface area contributed by atoms with E-state index in [9.17, 15) is 0 Å². The molecule has 4 aromatic heterocycles. The van der Waals surface area contributed by atoms with Crippen molar-refractivity contribution >= 4 is 122 Å². The fraction of sp³-hybridized carbons (Fsp3) is 0. The molecule has 0 unspecified atom stereocenters. The van der Waals surface area contributed by atoms with Crippen LogP contribution in [-0.4, -0.2) is 10.2 Å². The minimum Gasteiger partial charge on any atom is -0.456 e. The highest BCUT2D eigenvalue weighted by Gasteiger charge is 2.22. The van der Waals surface area contributed by atoms with Crippen LogP contribution in [-0.2, 0) is 0 Å². The average Bonchev–Trinajstić information content (AvgIpc) is 3.99. The Morgan fingerprint density at radius 2 is 0.689 bits per heavy atom. The number of hydrogen-bond donors (Lipinski definition) is 0. The molecule has 0 atom stereocenters. The maximum atomic E-state index is 6.75. The third kappa shape index (κ3) is 5.38. The fourth-order valence-corrected chi connectivity index (χ4v) is 8.99. The molecule has 4 heterocycles. The topological polar surface area (TPSA) is 71.7 Å². The molecule has 0 aliphatic rings. The number of hydrogen-bond acceptors (Lipinski definition) is 7. The molecule has 0 fully saturated rings. The molecule has 0 radical (unpaired) electrons. The van der Waals surface area contributed by atoms with Crippen LogP contribution in [0.4, 0.5) is 34.3 Å². The average molecular weight is 785 g/mol. The van der Waals surface area contributed by atoms with E-state index >= 15 is 0 Å². The quantitative estimate of drug-likeness (QED) is 0.166. The van der Waals surface area contributed by atoms with E-state index in [1.807, 2.05) is 42.5 Å². The van der Waals surface area contributed by atoms with Gasteiger partial charge in [0.1, 0.15) is 33.4 Å². The third-order valence-electron chi connectivity index (χ3n) is 11.9. The van der Waals surface area contributed by atoms with E-state index in [4.69, 9.17) is 23.4 Å². The summed E-state index contributed by atoms with van der Waals surface area (Å²) in [6, 6.07) is 67.1. The van der Waals surface area contributed by atoms with E-state index in [1.165, 1.54) is 5.39 Å². The van der Waals surface area contributed by atoms with Crippen molar-refractivity contribution in [2.75, 3.05) is 9.80 Å².